The van der Waals surface area contributed by atoms with Crippen molar-refractivity contribution in [2.45, 2.75) is 31.8 Å². The lowest BCUT2D eigenvalue weighted by Gasteiger charge is -2.42. The van der Waals surface area contributed by atoms with Crippen molar-refractivity contribution in [3.8, 4) is 0 Å². The van der Waals surface area contributed by atoms with Crippen molar-refractivity contribution >= 4 is 21.9 Å². The average Bonchev–Trinajstić information content (AvgIpc) is 2.83. The van der Waals surface area contributed by atoms with Crippen LogP contribution in [0.25, 0.3) is 0 Å². The fourth-order valence-electron chi connectivity index (χ4n) is 3.65. The summed E-state index contributed by atoms with van der Waals surface area (Å²) in [4.78, 5) is 15.5. The van der Waals surface area contributed by atoms with Gasteiger partial charge < -0.3 is 5.11 Å². The van der Waals surface area contributed by atoms with Gasteiger partial charge in [-0.2, -0.15) is 0 Å². The molecule has 1 fully saturated rings. The number of carbonyl (C=O) groups is 1. The molecule has 3 rings (SSSR count). The number of piperazine rings is 1. The second kappa shape index (κ2) is 6.07. The molecule has 0 saturated carbocycles. The lowest BCUT2D eigenvalue weighted by molar-refractivity contribution is -0.139. The van der Waals surface area contributed by atoms with Gasteiger partial charge in [0.2, 0.25) is 0 Å². The number of halogens is 1. The number of aliphatic carboxylic acids is 1. The number of hydrogen-bond donors (Lipinski definition) is 1. The molecule has 5 heteroatoms. The monoisotopic (exact) mass is 352 g/mol. The van der Waals surface area contributed by atoms with Crippen LogP contribution in [0.15, 0.2) is 22.7 Å². The Balaban J connectivity index is 1.71. The molecule has 1 saturated heterocycles. The smallest absolute Gasteiger partial charge is 0.317 e. The third-order valence-electron chi connectivity index (χ3n) is 4.73. The molecule has 2 aliphatic rings. The standard InChI is InChI=1S/C16H21BrN2O2/c1-11-9-19(7-6-18(11)10-16(20)21)15-5-3-12-2-4-13(17)8-14(12)15/h2,4,8,11,15H,3,5-7,9-10H2,1H3,(H,20,21)/t11-,15?/m1/s1. The molecule has 114 valence electrons. The molecule has 1 aromatic carbocycles. The highest BCUT2D eigenvalue weighted by molar-refractivity contribution is 9.10. The van der Waals surface area contributed by atoms with Gasteiger partial charge in [0.15, 0.2) is 0 Å². The second-order valence-corrected chi connectivity index (χ2v) is 7.02. The van der Waals surface area contributed by atoms with Crippen LogP contribution in [-0.4, -0.2) is 53.1 Å². The van der Waals surface area contributed by atoms with E-state index in [1.165, 1.54) is 17.5 Å². The van der Waals surface area contributed by atoms with Gasteiger partial charge in [0, 0.05) is 36.2 Å². The largest absolute Gasteiger partial charge is 0.480 e. The first-order valence-electron chi connectivity index (χ1n) is 7.53. The van der Waals surface area contributed by atoms with Gasteiger partial charge in [0.1, 0.15) is 0 Å². The normalized spacial score (nSPS) is 26.8. The zero-order chi connectivity index (χ0) is 15.0. The van der Waals surface area contributed by atoms with Crippen LogP contribution < -0.4 is 0 Å². The number of hydrogen-bond acceptors (Lipinski definition) is 3. The van der Waals surface area contributed by atoms with E-state index < -0.39 is 5.97 Å². The Morgan fingerprint density at radius 3 is 2.95 bits per heavy atom. The van der Waals surface area contributed by atoms with Crippen LogP contribution in [0, 0.1) is 0 Å². The maximum absolute atomic E-state index is 10.9. The average molecular weight is 353 g/mol. The van der Waals surface area contributed by atoms with E-state index in [0.717, 1.165) is 30.5 Å². The molecule has 0 spiro atoms. The number of nitrogens with zero attached hydrogens (tertiary/aromatic N) is 2. The highest BCUT2D eigenvalue weighted by Gasteiger charge is 2.33. The number of fused-ring (bicyclic) bond motifs is 1. The molecular weight excluding hydrogens is 332 g/mol. The minimum absolute atomic E-state index is 0.155. The zero-order valence-electron chi connectivity index (χ0n) is 12.3. The second-order valence-electron chi connectivity index (χ2n) is 6.11. The summed E-state index contributed by atoms with van der Waals surface area (Å²) < 4.78 is 1.14. The van der Waals surface area contributed by atoms with E-state index >= 15 is 0 Å². The quantitative estimate of drug-likeness (QED) is 0.907. The van der Waals surface area contributed by atoms with Gasteiger partial charge in [-0.15, -0.1) is 0 Å². The first kappa shape index (κ1) is 15.0. The molecule has 1 aromatic rings. The summed E-state index contributed by atoms with van der Waals surface area (Å²) in [5.41, 5.74) is 2.91. The fraction of sp³-hybridized carbons (Fsp3) is 0.562. The van der Waals surface area contributed by atoms with E-state index in [4.69, 9.17) is 5.11 Å². The molecule has 4 nitrogen and oxygen atoms in total. The Hall–Kier alpha value is -0.910. The predicted molar refractivity (Wildman–Crippen MR) is 85.4 cm³/mol. The van der Waals surface area contributed by atoms with E-state index in [-0.39, 0.29) is 6.54 Å². The zero-order valence-corrected chi connectivity index (χ0v) is 13.8. The Morgan fingerprint density at radius 1 is 1.43 bits per heavy atom. The van der Waals surface area contributed by atoms with Gasteiger partial charge >= 0.3 is 5.97 Å². The summed E-state index contributed by atoms with van der Waals surface area (Å²) in [7, 11) is 0. The SMILES string of the molecule is C[C@@H]1CN(C2CCc3ccc(Br)cc32)CCN1CC(=O)O. The number of carboxylic acids is 1. The van der Waals surface area contributed by atoms with Gasteiger partial charge in [-0.25, -0.2) is 0 Å². The molecule has 1 heterocycles. The maximum atomic E-state index is 10.9. The van der Waals surface area contributed by atoms with Crippen molar-refractivity contribution < 1.29 is 9.90 Å². The van der Waals surface area contributed by atoms with E-state index in [9.17, 15) is 4.79 Å². The Kier molecular flexibility index (Phi) is 4.33. The molecule has 21 heavy (non-hydrogen) atoms. The minimum atomic E-state index is -0.731. The molecule has 1 aliphatic carbocycles. The Bertz CT molecular complexity index is 549. The van der Waals surface area contributed by atoms with Gasteiger partial charge in [-0.3, -0.25) is 14.6 Å². The summed E-state index contributed by atoms with van der Waals surface area (Å²) in [6.45, 7) is 5.03. The summed E-state index contributed by atoms with van der Waals surface area (Å²) in [5.74, 6) is -0.731. The van der Waals surface area contributed by atoms with Crippen molar-refractivity contribution in [2.75, 3.05) is 26.2 Å². The molecule has 1 N–H and O–H groups in total. The van der Waals surface area contributed by atoms with Crippen LogP contribution in [0.3, 0.4) is 0 Å². The van der Waals surface area contributed by atoms with Gasteiger partial charge in [0.25, 0.3) is 0 Å². The third-order valence-corrected chi connectivity index (χ3v) is 5.22. The summed E-state index contributed by atoms with van der Waals surface area (Å²) in [5, 5.41) is 8.96. The van der Waals surface area contributed by atoms with Crippen molar-refractivity contribution in [2.24, 2.45) is 0 Å². The highest BCUT2D eigenvalue weighted by Crippen LogP contribution is 2.38. The maximum Gasteiger partial charge on any atom is 0.317 e. The van der Waals surface area contributed by atoms with Crippen LogP contribution in [0.4, 0.5) is 0 Å². The molecular formula is C16H21BrN2O2. The first-order valence-corrected chi connectivity index (χ1v) is 8.32. The van der Waals surface area contributed by atoms with Crippen LogP contribution in [0.1, 0.15) is 30.5 Å². The number of benzene rings is 1. The molecule has 2 atom stereocenters. The predicted octanol–water partition coefficient (Wildman–Crippen LogP) is 2.53. The summed E-state index contributed by atoms with van der Waals surface area (Å²) in [6, 6.07) is 7.39. The molecule has 0 bridgehead atoms. The van der Waals surface area contributed by atoms with Gasteiger partial charge in [-0.05, 0) is 43.0 Å². The summed E-state index contributed by atoms with van der Waals surface area (Å²) in [6.07, 6.45) is 2.33. The minimum Gasteiger partial charge on any atom is -0.480 e. The van der Waals surface area contributed by atoms with Crippen molar-refractivity contribution in [1.82, 2.24) is 9.80 Å². The lowest BCUT2D eigenvalue weighted by Crippen LogP contribution is -2.53. The molecule has 0 amide bonds. The molecule has 0 radical (unpaired) electrons. The van der Waals surface area contributed by atoms with E-state index in [1.807, 2.05) is 0 Å². The third kappa shape index (κ3) is 3.15. The topological polar surface area (TPSA) is 43.8 Å². The van der Waals surface area contributed by atoms with E-state index in [0.29, 0.717) is 12.1 Å². The van der Waals surface area contributed by atoms with E-state index in [2.05, 4.69) is 50.9 Å². The van der Waals surface area contributed by atoms with Crippen LogP contribution in [0.5, 0.6) is 0 Å². The highest BCUT2D eigenvalue weighted by atomic mass is 79.9. The molecule has 1 unspecified atom stereocenters. The van der Waals surface area contributed by atoms with Crippen molar-refractivity contribution in [3.63, 3.8) is 0 Å². The van der Waals surface area contributed by atoms with Gasteiger partial charge in [0.05, 0.1) is 6.54 Å². The van der Waals surface area contributed by atoms with Crippen LogP contribution in [-0.2, 0) is 11.2 Å². The molecule has 0 aromatic heterocycles. The lowest BCUT2D eigenvalue weighted by atomic mass is 10.0. The van der Waals surface area contributed by atoms with Crippen LogP contribution >= 0.6 is 15.9 Å². The van der Waals surface area contributed by atoms with E-state index in [1.54, 1.807) is 0 Å². The Labute approximate surface area is 133 Å². The molecule has 1 aliphatic heterocycles. The summed E-state index contributed by atoms with van der Waals surface area (Å²) >= 11 is 3.57. The fourth-order valence-corrected chi connectivity index (χ4v) is 4.02. The Morgan fingerprint density at radius 2 is 2.24 bits per heavy atom. The number of aryl methyl sites for hydroxylation is 1. The van der Waals surface area contributed by atoms with Gasteiger partial charge in [-0.1, -0.05) is 22.0 Å². The number of rotatable bonds is 3. The number of carboxylic acid groups (broad SMARTS) is 1. The first-order chi connectivity index (χ1) is 10.0. The van der Waals surface area contributed by atoms with Crippen LogP contribution in [0.2, 0.25) is 0 Å². The van der Waals surface area contributed by atoms with Crippen molar-refractivity contribution in [3.05, 3.63) is 33.8 Å². The van der Waals surface area contributed by atoms with Crippen molar-refractivity contribution in [1.29, 1.82) is 0 Å².